The molecule has 0 atom stereocenters. The van der Waals surface area contributed by atoms with Gasteiger partial charge < -0.3 is 4.74 Å². The lowest BCUT2D eigenvalue weighted by Gasteiger charge is -2.13. The molecule has 0 saturated carbocycles. The summed E-state index contributed by atoms with van der Waals surface area (Å²) in [7, 11) is 3.30. The van der Waals surface area contributed by atoms with Crippen LogP contribution in [0.15, 0.2) is 18.3 Å². The lowest BCUT2D eigenvalue weighted by molar-refractivity contribution is 0.413. The molecular weight excluding hydrogens is 142 g/mol. The Balaban J connectivity index is 3.02. The molecule has 0 saturated heterocycles. The maximum absolute atomic E-state index is 5.48. The second-order valence-electron chi connectivity index (χ2n) is 2.14. The molecule has 0 radical (unpaired) electrons. The average Bonchev–Trinajstić information content (AvgIpc) is 2.04. The first kappa shape index (κ1) is 7.81. The Bertz CT molecular complexity index is 237. The van der Waals surface area contributed by atoms with E-state index in [9.17, 15) is 0 Å². The molecular formula is C7H11N3O. The third-order valence-corrected chi connectivity index (χ3v) is 1.30. The van der Waals surface area contributed by atoms with E-state index < -0.39 is 0 Å². The number of nitrogens with zero attached hydrogens (tertiary/aromatic N) is 2. The molecule has 1 rings (SSSR count). The smallest absolute Gasteiger partial charge is 0.185 e. The molecule has 11 heavy (non-hydrogen) atoms. The first-order valence-corrected chi connectivity index (χ1v) is 3.23. The van der Waals surface area contributed by atoms with Gasteiger partial charge in [-0.05, 0) is 12.1 Å². The van der Waals surface area contributed by atoms with Crippen molar-refractivity contribution in [3.8, 4) is 5.75 Å². The van der Waals surface area contributed by atoms with Gasteiger partial charge in [-0.25, -0.2) is 10.8 Å². The van der Waals surface area contributed by atoms with Gasteiger partial charge in [0.1, 0.15) is 0 Å². The van der Waals surface area contributed by atoms with E-state index in [-0.39, 0.29) is 0 Å². The number of hydrazine groups is 1. The summed E-state index contributed by atoms with van der Waals surface area (Å²) in [6, 6.07) is 3.61. The minimum atomic E-state index is 0.634. The van der Waals surface area contributed by atoms with Crippen LogP contribution in [-0.2, 0) is 0 Å². The molecule has 0 aliphatic heterocycles. The molecule has 0 aliphatic carbocycles. The highest BCUT2D eigenvalue weighted by Crippen LogP contribution is 2.20. The zero-order chi connectivity index (χ0) is 8.27. The van der Waals surface area contributed by atoms with Crippen molar-refractivity contribution in [2.45, 2.75) is 0 Å². The molecule has 4 heteroatoms. The molecule has 0 fully saturated rings. The van der Waals surface area contributed by atoms with Crippen molar-refractivity contribution in [2.75, 3.05) is 19.2 Å². The predicted octanol–water partition coefficient (Wildman–Crippen LogP) is 0.400. The Kier molecular flexibility index (Phi) is 2.28. The highest BCUT2D eigenvalue weighted by atomic mass is 16.5. The van der Waals surface area contributed by atoms with Crippen LogP contribution in [0.2, 0.25) is 0 Å². The van der Waals surface area contributed by atoms with Crippen molar-refractivity contribution < 1.29 is 4.74 Å². The van der Waals surface area contributed by atoms with Gasteiger partial charge in [0.05, 0.1) is 7.11 Å². The van der Waals surface area contributed by atoms with Crippen LogP contribution in [0, 0.1) is 0 Å². The first-order chi connectivity index (χ1) is 5.25. The van der Waals surface area contributed by atoms with Gasteiger partial charge in [0.15, 0.2) is 11.6 Å². The van der Waals surface area contributed by atoms with E-state index in [1.807, 2.05) is 6.07 Å². The summed E-state index contributed by atoms with van der Waals surface area (Å²) in [6.45, 7) is 0. The number of ether oxygens (including phenoxy) is 1. The number of methoxy groups -OCH3 is 1. The Morgan fingerprint density at radius 1 is 1.64 bits per heavy atom. The normalized spacial score (nSPS) is 9.36. The van der Waals surface area contributed by atoms with Crippen LogP contribution in [0.3, 0.4) is 0 Å². The maximum Gasteiger partial charge on any atom is 0.185 e. The lowest BCUT2D eigenvalue weighted by atomic mass is 10.4. The number of hydrogen-bond donors (Lipinski definition) is 1. The number of anilines is 1. The zero-order valence-corrected chi connectivity index (χ0v) is 6.61. The highest BCUT2D eigenvalue weighted by molar-refractivity contribution is 5.49. The third-order valence-electron chi connectivity index (χ3n) is 1.30. The number of rotatable bonds is 2. The largest absolute Gasteiger partial charge is 0.493 e. The topological polar surface area (TPSA) is 51.4 Å². The first-order valence-electron chi connectivity index (χ1n) is 3.23. The van der Waals surface area contributed by atoms with Crippen LogP contribution in [0.25, 0.3) is 0 Å². The van der Waals surface area contributed by atoms with E-state index in [4.69, 9.17) is 10.6 Å². The molecule has 1 aromatic heterocycles. The van der Waals surface area contributed by atoms with Crippen molar-refractivity contribution in [3.05, 3.63) is 18.3 Å². The number of pyridine rings is 1. The van der Waals surface area contributed by atoms with E-state index in [1.165, 1.54) is 5.01 Å². The van der Waals surface area contributed by atoms with Gasteiger partial charge in [-0.15, -0.1) is 0 Å². The number of nitrogens with two attached hydrogens (primary N) is 1. The number of hydrogen-bond acceptors (Lipinski definition) is 4. The molecule has 0 amide bonds. The molecule has 0 aliphatic rings. The summed E-state index contributed by atoms with van der Waals surface area (Å²) >= 11 is 0. The molecule has 1 aromatic rings. The van der Waals surface area contributed by atoms with Gasteiger partial charge >= 0.3 is 0 Å². The van der Waals surface area contributed by atoms with Crippen LogP contribution < -0.4 is 15.6 Å². The predicted molar refractivity (Wildman–Crippen MR) is 43.4 cm³/mol. The summed E-state index contributed by atoms with van der Waals surface area (Å²) in [5.41, 5.74) is 0. The Labute approximate surface area is 65.6 Å². The summed E-state index contributed by atoms with van der Waals surface area (Å²) in [6.07, 6.45) is 1.67. The fraction of sp³-hybridized carbons (Fsp3) is 0.286. The van der Waals surface area contributed by atoms with Crippen molar-refractivity contribution in [1.29, 1.82) is 0 Å². The lowest BCUT2D eigenvalue weighted by Crippen LogP contribution is -2.26. The molecule has 4 nitrogen and oxygen atoms in total. The molecule has 0 spiro atoms. The van der Waals surface area contributed by atoms with Crippen LogP contribution >= 0.6 is 0 Å². The maximum atomic E-state index is 5.48. The van der Waals surface area contributed by atoms with E-state index in [1.54, 1.807) is 26.4 Å². The second kappa shape index (κ2) is 3.21. The van der Waals surface area contributed by atoms with Crippen LogP contribution in [-0.4, -0.2) is 19.1 Å². The SMILES string of the molecule is COc1cccnc1N(C)N. The van der Waals surface area contributed by atoms with Gasteiger partial charge in [-0.1, -0.05) is 0 Å². The Hall–Kier alpha value is -1.29. The zero-order valence-electron chi connectivity index (χ0n) is 6.61. The third kappa shape index (κ3) is 1.59. The highest BCUT2D eigenvalue weighted by Gasteiger charge is 2.03. The summed E-state index contributed by atoms with van der Waals surface area (Å²) in [5.74, 6) is 6.79. The summed E-state index contributed by atoms with van der Waals surface area (Å²) in [5, 5.41) is 1.42. The number of aromatic nitrogens is 1. The van der Waals surface area contributed by atoms with Crippen LogP contribution in [0.4, 0.5) is 5.82 Å². The van der Waals surface area contributed by atoms with Gasteiger partial charge in [-0.2, -0.15) is 0 Å². The fourth-order valence-electron chi connectivity index (χ4n) is 0.806. The molecule has 2 N–H and O–H groups in total. The minimum absolute atomic E-state index is 0.634. The standard InChI is InChI=1S/C7H11N3O/c1-10(8)7-6(11-2)4-3-5-9-7/h3-5H,8H2,1-2H3. The summed E-state index contributed by atoms with van der Waals surface area (Å²) < 4.78 is 5.02. The molecule has 1 heterocycles. The van der Waals surface area contributed by atoms with Gasteiger partial charge in [0, 0.05) is 13.2 Å². The average molecular weight is 153 g/mol. The van der Waals surface area contributed by atoms with Crippen molar-refractivity contribution >= 4 is 5.82 Å². The van der Waals surface area contributed by atoms with E-state index in [0.717, 1.165) is 0 Å². The van der Waals surface area contributed by atoms with E-state index in [2.05, 4.69) is 4.98 Å². The fourth-order valence-corrected chi connectivity index (χ4v) is 0.806. The van der Waals surface area contributed by atoms with Crippen molar-refractivity contribution in [2.24, 2.45) is 5.84 Å². The second-order valence-corrected chi connectivity index (χ2v) is 2.14. The summed E-state index contributed by atoms with van der Waals surface area (Å²) in [4.78, 5) is 4.02. The molecule has 0 unspecified atom stereocenters. The van der Waals surface area contributed by atoms with Crippen molar-refractivity contribution in [1.82, 2.24) is 4.98 Å². The van der Waals surface area contributed by atoms with Crippen LogP contribution in [0.5, 0.6) is 5.75 Å². The molecule has 0 aromatic carbocycles. The Morgan fingerprint density at radius 3 is 2.82 bits per heavy atom. The molecule has 0 bridgehead atoms. The van der Waals surface area contributed by atoms with E-state index in [0.29, 0.717) is 11.6 Å². The van der Waals surface area contributed by atoms with Gasteiger partial charge in [0.25, 0.3) is 0 Å². The quantitative estimate of drug-likeness (QED) is 0.493. The minimum Gasteiger partial charge on any atom is -0.493 e. The van der Waals surface area contributed by atoms with Crippen molar-refractivity contribution in [3.63, 3.8) is 0 Å². The monoisotopic (exact) mass is 153 g/mol. The van der Waals surface area contributed by atoms with Gasteiger partial charge in [-0.3, -0.25) is 5.01 Å². The van der Waals surface area contributed by atoms with E-state index >= 15 is 0 Å². The molecule has 60 valence electrons. The van der Waals surface area contributed by atoms with Crippen LogP contribution in [0.1, 0.15) is 0 Å². The van der Waals surface area contributed by atoms with Gasteiger partial charge in [0.2, 0.25) is 0 Å². The Morgan fingerprint density at radius 2 is 2.36 bits per heavy atom.